The van der Waals surface area contributed by atoms with Crippen LogP contribution in [-0.4, -0.2) is 29.4 Å². The summed E-state index contributed by atoms with van der Waals surface area (Å²) in [6, 6.07) is 19.8. The number of rotatable bonds is 8. The topological polar surface area (TPSA) is 132 Å². The number of allylic oxidation sites excluding steroid dienone is 3. The molecule has 9 heteroatoms. The standard InChI is InChI=1S/C27H26N4O5/c1-17-23(15-28)26(25(18(2)30-17)27(32)35-12-7-13-36-31(33)34)21-10-6-11-24-22(21)14-20(16-29-24)19-8-4-3-5-9-19/h3-6,8-11,14,16,26,30-31,33H,7,12-13H2,1-2H3/t26-/m0/s1. The van der Waals surface area contributed by atoms with Crippen LogP contribution in [0, 0.1) is 16.5 Å². The summed E-state index contributed by atoms with van der Waals surface area (Å²) in [5.74, 6) is -1.24. The van der Waals surface area contributed by atoms with E-state index in [2.05, 4.69) is 21.2 Å². The number of pyridine rings is 1. The van der Waals surface area contributed by atoms with Crippen molar-refractivity contribution in [2.75, 3.05) is 13.2 Å². The van der Waals surface area contributed by atoms with Gasteiger partial charge in [-0.05, 0) is 37.1 Å². The Morgan fingerprint density at radius 2 is 1.92 bits per heavy atom. The molecule has 2 aromatic carbocycles. The molecule has 3 N–H and O–H groups in total. The molecule has 1 aliphatic rings. The first-order chi connectivity index (χ1) is 17.4. The molecule has 1 aromatic heterocycles. The summed E-state index contributed by atoms with van der Waals surface area (Å²) in [5, 5.41) is 31.8. The van der Waals surface area contributed by atoms with E-state index in [0.29, 0.717) is 22.5 Å². The number of carbonyl (C=O) groups is 1. The summed E-state index contributed by atoms with van der Waals surface area (Å²) in [6.07, 6.45) is 2.03. The maximum atomic E-state index is 13.3. The van der Waals surface area contributed by atoms with Gasteiger partial charge in [-0.1, -0.05) is 47.9 Å². The van der Waals surface area contributed by atoms with Gasteiger partial charge in [-0.2, -0.15) is 15.3 Å². The average Bonchev–Trinajstić information content (AvgIpc) is 2.87. The van der Waals surface area contributed by atoms with Crippen molar-refractivity contribution in [2.45, 2.75) is 26.2 Å². The summed E-state index contributed by atoms with van der Waals surface area (Å²) in [7, 11) is 0. The Morgan fingerprint density at radius 1 is 1.14 bits per heavy atom. The van der Waals surface area contributed by atoms with E-state index >= 15 is 0 Å². The third kappa shape index (κ3) is 5.27. The first-order valence-electron chi connectivity index (χ1n) is 11.5. The maximum absolute atomic E-state index is 13.3. The molecule has 0 bridgehead atoms. The molecule has 9 nitrogen and oxygen atoms in total. The van der Waals surface area contributed by atoms with E-state index in [0.717, 1.165) is 27.6 Å². The van der Waals surface area contributed by atoms with Gasteiger partial charge in [-0.25, -0.2) is 4.79 Å². The molecule has 2 atom stereocenters. The first kappa shape index (κ1) is 25.0. The Labute approximate surface area is 208 Å². The van der Waals surface area contributed by atoms with Gasteiger partial charge in [0.15, 0.2) is 0 Å². The molecule has 0 saturated heterocycles. The molecule has 2 heterocycles. The highest BCUT2D eigenvalue weighted by Gasteiger charge is 2.35. The van der Waals surface area contributed by atoms with Gasteiger partial charge in [0.25, 0.3) is 0 Å². The highest BCUT2D eigenvalue weighted by molar-refractivity contribution is 5.96. The normalized spacial score (nSPS) is 16.5. The molecule has 36 heavy (non-hydrogen) atoms. The fourth-order valence-corrected chi connectivity index (χ4v) is 4.40. The van der Waals surface area contributed by atoms with Crippen LogP contribution in [0.4, 0.5) is 0 Å². The molecule has 0 aliphatic carbocycles. The lowest BCUT2D eigenvalue weighted by Crippen LogP contribution is -3.03. The van der Waals surface area contributed by atoms with Gasteiger partial charge >= 0.3 is 5.97 Å². The monoisotopic (exact) mass is 486 g/mol. The number of nitrogens with zero attached hydrogens (tertiary/aromatic N) is 2. The number of fused-ring (bicyclic) bond motifs is 1. The molecule has 1 unspecified atom stereocenters. The Morgan fingerprint density at radius 3 is 2.64 bits per heavy atom. The minimum absolute atomic E-state index is 0.0184. The minimum Gasteiger partial charge on any atom is -0.566 e. The number of benzene rings is 2. The number of carbonyl (C=O) groups excluding carboxylic acids is 1. The van der Waals surface area contributed by atoms with Crippen LogP contribution in [0.25, 0.3) is 22.0 Å². The second-order valence-electron chi connectivity index (χ2n) is 8.35. The fraction of sp³-hybridized carbons (Fsp3) is 0.222. The van der Waals surface area contributed by atoms with Crippen molar-refractivity contribution >= 4 is 16.9 Å². The summed E-state index contributed by atoms with van der Waals surface area (Å²) < 4.78 is 5.46. The van der Waals surface area contributed by atoms with Crippen LogP contribution in [0.15, 0.2) is 83.3 Å². The molecule has 4 rings (SSSR count). The number of aromatic nitrogens is 1. The lowest BCUT2D eigenvalue weighted by molar-refractivity contribution is -1.21. The number of dihydropyridines is 1. The Kier molecular flexibility index (Phi) is 7.73. The smallest absolute Gasteiger partial charge is 0.336 e. The molecular formula is C27H26N4O5. The van der Waals surface area contributed by atoms with Crippen LogP contribution in [0.1, 0.15) is 31.7 Å². The molecule has 0 spiro atoms. The van der Waals surface area contributed by atoms with Crippen molar-refractivity contribution in [3.63, 3.8) is 0 Å². The van der Waals surface area contributed by atoms with Gasteiger partial charge < -0.3 is 15.3 Å². The highest BCUT2D eigenvalue weighted by atomic mass is 17.1. The zero-order valence-corrected chi connectivity index (χ0v) is 19.9. The van der Waals surface area contributed by atoms with Crippen molar-refractivity contribution in [3.05, 3.63) is 94.1 Å². The molecule has 0 radical (unpaired) electrons. The number of nitrogens with one attached hydrogen (secondary N) is 2. The van der Waals surface area contributed by atoms with E-state index in [1.165, 1.54) is 0 Å². The lowest BCUT2D eigenvalue weighted by atomic mass is 9.79. The lowest BCUT2D eigenvalue weighted by Gasteiger charge is -2.29. The van der Waals surface area contributed by atoms with Crippen LogP contribution in [0.3, 0.4) is 0 Å². The molecule has 0 fully saturated rings. The maximum Gasteiger partial charge on any atom is 0.336 e. The molecular weight excluding hydrogens is 460 g/mol. The van der Waals surface area contributed by atoms with Crippen molar-refractivity contribution < 1.29 is 25.0 Å². The number of esters is 1. The first-order valence-corrected chi connectivity index (χ1v) is 11.5. The van der Waals surface area contributed by atoms with Gasteiger partial charge in [0.05, 0.1) is 35.3 Å². The van der Waals surface area contributed by atoms with Crippen LogP contribution < -0.4 is 10.7 Å². The zero-order chi connectivity index (χ0) is 25.7. The molecule has 0 amide bonds. The Bertz CT molecular complexity index is 1380. The van der Waals surface area contributed by atoms with Gasteiger partial charge in [0.1, 0.15) is 6.61 Å². The summed E-state index contributed by atoms with van der Waals surface area (Å²) in [4.78, 5) is 22.4. The van der Waals surface area contributed by atoms with Gasteiger partial charge in [0, 0.05) is 35.0 Å². The van der Waals surface area contributed by atoms with E-state index in [-0.39, 0.29) is 19.6 Å². The van der Waals surface area contributed by atoms with E-state index in [9.17, 15) is 15.3 Å². The Hall–Kier alpha value is -4.07. The molecule has 1 aliphatic heterocycles. The zero-order valence-electron chi connectivity index (χ0n) is 19.9. The number of quaternary nitrogens is 1. The van der Waals surface area contributed by atoms with Crippen LogP contribution in [0.5, 0.6) is 0 Å². The van der Waals surface area contributed by atoms with Crippen molar-refractivity contribution in [3.8, 4) is 17.2 Å². The minimum atomic E-state index is -1.38. The van der Waals surface area contributed by atoms with Crippen LogP contribution in [-0.2, 0) is 14.4 Å². The summed E-state index contributed by atoms with van der Waals surface area (Å²) in [5.41, 5.74) is 5.45. The Balaban J connectivity index is 1.75. The summed E-state index contributed by atoms with van der Waals surface area (Å²) >= 11 is 0. The van der Waals surface area contributed by atoms with Crippen LogP contribution in [0.2, 0.25) is 0 Å². The van der Waals surface area contributed by atoms with Gasteiger partial charge in [-0.3, -0.25) is 4.98 Å². The average molecular weight is 487 g/mol. The van der Waals surface area contributed by atoms with E-state index < -0.39 is 17.3 Å². The third-order valence-corrected chi connectivity index (χ3v) is 6.03. The molecule has 184 valence electrons. The summed E-state index contributed by atoms with van der Waals surface area (Å²) in [6.45, 7) is 3.48. The quantitative estimate of drug-likeness (QED) is 0.251. The predicted molar refractivity (Wildman–Crippen MR) is 132 cm³/mol. The van der Waals surface area contributed by atoms with Crippen LogP contribution >= 0.6 is 0 Å². The third-order valence-electron chi connectivity index (χ3n) is 6.03. The number of hydrogen-bond acceptors (Lipinski definition) is 8. The van der Waals surface area contributed by atoms with Crippen molar-refractivity contribution in [1.82, 2.24) is 10.3 Å². The van der Waals surface area contributed by atoms with E-state index in [1.54, 1.807) is 13.8 Å². The van der Waals surface area contributed by atoms with Crippen molar-refractivity contribution in [2.24, 2.45) is 0 Å². The number of nitriles is 1. The fourth-order valence-electron chi connectivity index (χ4n) is 4.40. The molecule has 0 saturated carbocycles. The van der Waals surface area contributed by atoms with Crippen molar-refractivity contribution in [1.29, 1.82) is 5.26 Å². The number of ether oxygens (including phenoxy) is 1. The SMILES string of the molecule is CC1=C(C#N)[C@H](c2cccc3ncc(-c4ccccc4)cc23)C(C(=O)OCCCO[NH+]([O-])O)=C(C)N1. The van der Waals surface area contributed by atoms with Gasteiger partial charge in [0.2, 0.25) is 0 Å². The second kappa shape index (κ2) is 11.1. The van der Waals surface area contributed by atoms with E-state index in [4.69, 9.17) is 9.94 Å². The van der Waals surface area contributed by atoms with E-state index in [1.807, 2.05) is 60.8 Å². The number of hydrogen-bond donors (Lipinski definition) is 3. The molecule has 3 aromatic rings. The predicted octanol–water partition coefficient (Wildman–Crippen LogP) is 3.30. The largest absolute Gasteiger partial charge is 0.566 e. The highest BCUT2D eigenvalue weighted by Crippen LogP contribution is 2.41. The second-order valence-corrected chi connectivity index (χ2v) is 8.35. The van der Waals surface area contributed by atoms with Gasteiger partial charge in [-0.15, -0.1) is 0 Å².